The van der Waals surface area contributed by atoms with Crippen LogP contribution in [0.25, 0.3) is 0 Å². The maximum absolute atomic E-state index is 12.0. The number of methoxy groups -OCH3 is 1. The zero-order valence-corrected chi connectivity index (χ0v) is 13.8. The highest BCUT2D eigenvalue weighted by Gasteiger charge is 2.14. The van der Waals surface area contributed by atoms with Crippen molar-refractivity contribution >= 4 is 29.0 Å². The number of benzene rings is 1. The first-order valence-corrected chi connectivity index (χ1v) is 8.17. The summed E-state index contributed by atoms with van der Waals surface area (Å²) < 4.78 is 5.17. The van der Waals surface area contributed by atoms with E-state index in [2.05, 4.69) is 15.6 Å². The molecule has 22 heavy (non-hydrogen) atoms. The largest absolute Gasteiger partial charge is 0.382 e. The summed E-state index contributed by atoms with van der Waals surface area (Å²) >= 11 is 7.43. The minimum Gasteiger partial charge on any atom is -0.382 e. The Labute approximate surface area is 138 Å². The maximum atomic E-state index is 12.0. The van der Waals surface area contributed by atoms with Crippen molar-refractivity contribution in [3.8, 4) is 0 Å². The normalized spacial score (nSPS) is 11.9. The van der Waals surface area contributed by atoms with Gasteiger partial charge < -0.3 is 15.4 Å². The van der Waals surface area contributed by atoms with Crippen molar-refractivity contribution in [3.63, 3.8) is 0 Å². The first-order chi connectivity index (χ1) is 10.7. The number of halogens is 1. The molecule has 1 heterocycles. The van der Waals surface area contributed by atoms with E-state index in [0.29, 0.717) is 24.6 Å². The molecule has 1 aromatic carbocycles. The van der Waals surface area contributed by atoms with Crippen LogP contribution in [-0.2, 0) is 11.2 Å². The Kier molecular flexibility index (Phi) is 6.64. The predicted molar refractivity (Wildman–Crippen MR) is 88.4 cm³/mol. The van der Waals surface area contributed by atoms with Gasteiger partial charge in [-0.2, -0.15) is 0 Å². The van der Waals surface area contributed by atoms with Crippen molar-refractivity contribution < 1.29 is 9.53 Å². The molecule has 5 nitrogen and oxygen atoms in total. The number of carbonyl (C=O) groups is 1. The second-order valence-electron chi connectivity index (χ2n) is 4.69. The number of amides is 2. The predicted octanol–water partition coefficient (Wildman–Crippen LogP) is 3.03. The van der Waals surface area contributed by atoms with Gasteiger partial charge in [0.1, 0.15) is 0 Å². The Balaban J connectivity index is 1.84. The molecule has 2 rings (SSSR count). The quantitative estimate of drug-likeness (QED) is 0.815. The van der Waals surface area contributed by atoms with Gasteiger partial charge in [0.2, 0.25) is 0 Å². The third kappa shape index (κ3) is 5.29. The van der Waals surface area contributed by atoms with Crippen LogP contribution >= 0.6 is 22.9 Å². The van der Waals surface area contributed by atoms with E-state index >= 15 is 0 Å². The molecule has 1 aromatic heterocycles. The van der Waals surface area contributed by atoms with Crippen LogP contribution in [0.5, 0.6) is 0 Å². The molecule has 2 aromatic rings. The average molecular weight is 340 g/mol. The molecule has 7 heteroatoms. The van der Waals surface area contributed by atoms with Gasteiger partial charge in [-0.3, -0.25) is 0 Å². The Bertz CT molecular complexity index is 575. The van der Waals surface area contributed by atoms with Gasteiger partial charge >= 0.3 is 6.03 Å². The zero-order chi connectivity index (χ0) is 15.8. The topological polar surface area (TPSA) is 63.2 Å². The Morgan fingerprint density at radius 3 is 2.82 bits per heavy atom. The molecule has 2 amide bonds. The third-order valence-corrected chi connectivity index (χ3v) is 3.95. The van der Waals surface area contributed by atoms with E-state index in [1.165, 1.54) is 0 Å². The van der Waals surface area contributed by atoms with Crippen molar-refractivity contribution in [2.45, 2.75) is 12.5 Å². The molecule has 0 saturated heterocycles. The number of ether oxygens (including phenoxy) is 1. The van der Waals surface area contributed by atoms with Crippen LogP contribution in [0.3, 0.4) is 0 Å². The molecular weight excluding hydrogens is 322 g/mol. The summed E-state index contributed by atoms with van der Waals surface area (Å²) in [5.41, 5.74) is 3.71. The Morgan fingerprint density at radius 1 is 1.41 bits per heavy atom. The van der Waals surface area contributed by atoms with E-state index in [1.807, 2.05) is 17.5 Å². The number of aromatic nitrogens is 1. The highest BCUT2D eigenvalue weighted by atomic mass is 35.5. The highest BCUT2D eigenvalue weighted by molar-refractivity contribution is 7.07. The first-order valence-electron chi connectivity index (χ1n) is 6.85. The average Bonchev–Trinajstić information content (AvgIpc) is 3.01. The van der Waals surface area contributed by atoms with Crippen LogP contribution in [0.4, 0.5) is 4.79 Å². The molecule has 2 N–H and O–H groups in total. The number of urea groups is 1. The summed E-state index contributed by atoms with van der Waals surface area (Å²) in [7, 11) is 1.60. The summed E-state index contributed by atoms with van der Waals surface area (Å²) in [6.45, 7) is 0.928. The standard InChI is InChI=1S/C15H18ClN3O2S/c1-21-8-14(11-2-4-12(16)5-3-11)19-15(20)17-7-6-13-9-22-10-18-13/h2-5,9-10,14H,6-8H2,1H3,(H2,17,19,20)/t14-/m0/s1. The number of nitrogens with zero attached hydrogens (tertiary/aromatic N) is 1. The van der Waals surface area contributed by atoms with Crippen molar-refractivity contribution in [2.75, 3.05) is 20.3 Å². The van der Waals surface area contributed by atoms with E-state index in [0.717, 1.165) is 11.3 Å². The van der Waals surface area contributed by atoms with Crippen LogP contribution in [-0.4, -0.2) is 31.3 Å². The van der Waals surface area contributed by atoms with Gasteiger partial charge in [0.15, 0.2) is 0 Å². The first kappa shape index (κ1) is 16.7. The van der Waals surface area contributed by atoms with E-state index in [-0.39, 0.29) is 12.1 Å². The lowest BCUT2D eigenvalue weighted by Crippen LogP contribution is -2.40. The lowest BCUT2D eigenvalue weighted by molar-refractivity contribution is 0.166. The van der Waals surface area contributed by atoms with Crippen molar-refractivity contribution in [1.82, 2.24) is 15.6 Å². The molecule has 1 atom stereocenters. The number of hydrogen-bond acceptors (Lipinski definition) is 4. The van der Waals surface area contributed by atoms with Gasteiger partial charge in [0.05, 0.1) is 23.9 Å². The fourth-order valence-electron chi connectivity index (χ4n) is 1.96. The van der Waals surface area contributed by atoms with Gasteiger partial charge in [-0.15, -0.1) is 11.3 Å². The summed E-state index contributed by atoms with van der Waals surface area (Å²) in [5.74, 6) is 0. The smallest absolute Gasteiger partial charge is 0.315 e. The summed E-state index contributed by atoms with van der Waals surface area (Å²) in [6, 6.07) is 6.89. The molecule has 0 aliphatic carbocycles. The highest BCUT2D eigenvalue weighted by Crippen LogP contribution is 2.16. The molecule has 0 spiro atoms. The van der Waals surface area contributed by atoms with E-state index in [4.69, 9.17) is 16.3 Å². The van der Waals surface area contributed by atoms with Gasteiger partial charge in [-0.1, -0.05) is 23.7 Å². The molecule has 0 radical (unpaired) electrons. The van der Waals surface area contributed by atoms with Crippen LogP contribution in [0.15, 0.2) is 35.2 Å². The van der Waals surface area contributed by atoms with E-state index < -0.39 is 0 Å². The number of carbonyl (C=O) groups excluding carboxylic acids is 1. The molecule has 0 fully saturated rings. The monoisotopic (exact) mass is 339 g/mol. The number of rotatable bonds is 7. The van der Waals surface area contributed by atoms with Crippen LogP contribution in [0.1, 0.15) is 17.3 Å². The summed E-state index contributed by atoms with van der Waals surface area (Å²) in [5, 5.41) is 8.35. The van der Waals surface area contributed by atoms with Gasteiger partial charge in [0, 0.05) is 30.5 Å². The fraction of sp³-hybridized carbons (Fsp3) is 0.333. The minimum absolute atomic E-state index is 0.221. The number of hydrogen-bond donors (Lipinski definition) is 2. The molecule has 0 unspecified atom stereocenters. The molecular formula is C15H18ClN3O2S. The zero-order valence-electron chi connectivity index (χ0n) is 12.2. The third-order valence-electron chi connectivity index (χ3n) is 3.06. The molecule has 118 valence electrons. The van der Waals surface area contributed by atoms with Crippen molar-refractivity contribution in [1.29, 1.82) is 0 Å². The molecule has 0 aliphatic rings. The van der Waals surface area contributed by atoms with Gasteiger partial charge in [0.25, 0.3) is 0 Å². The van der Waals surface area contributed by atoms with Crippen molar-refractivity contribution in [2.24, 2.45) is 0 Å². The number of thiazole rings is 1. The lowest BCUT2D eigenvalue weighted by atomic mass is 10.1. The molecule has 0 aliphatic heterocycles. The van der Waals surface area contributed by atoms with Crippen LogP contribution in [0, 0.1) is 0 Å². The Morgan fingerprint density at radius 2 is 2.18 bits per heavy atom. The molecule has 0 saturated carbocycles. The minimum atomic E-state index is -0.229. The second-order valence-corrected chi connectivity index (χ2v) is 5.84. The van der Waals surface area contributed by atoms with Crippen LogP contribution < -0.4 is 10.6 Å². The van der Waals surface area contributed by atoms with Gasteiger partial charge in [-0.05, 0) is 17.7 Å². The van der Waals surface area contributed by atoms with E-state index in [1.54, 1.807) is 36.1 Å². The summed E-state index contributed by atoms with van der Waals surface area (Å²) in [4.78, 5) is 16.1. The SMILES string of the molecule is COC[C@H](NC(=O)NCCc1cscn1)c1ccc(Cl)cc1. The number of nitrogens with one attached hydrogen (secondary N) is 2. The van der Waals surface area contributed by atoms with Crippen LogP contribution in [0.2, 0.25) is 5.02 Å². The second kappa shape index (κ2) is 8.73. The van der Waals surface area contributed by atoms with Gasteiger partial charge in [-0.25, -0.2) is 9.78 Å². The maximum Gasteiger partial charge on any atom is 0.315 e. The van der Waals surface area contributed by atoms with E-state index in [9.17, 15) is 4.79 Å². The van der Waals surface area contributed by atoms with Crippen molar-refractivity contribution in [3.05, 3.63) is 51.4 Å². The Hall–Kier alpha value is -1.63. The lowest BCUT2D eigenvalue weighted by Gasteiger charge is -2.19. The molecule has 0 bridgehead atoms. The summed E-state index contributed by atoms with van der Waals surface area (Å²) in [6.07, 6.45) is 0.715. The fourth-order valence-corrected chi connectivity index (χ4v) is 2.68.